The molecule has 1 aromatic rings. The number of nitrogens with one attached hydrogen (secondary N) is 1. The molecule has 0 aliphatic carbocycles. The van der Waals surface area contributed by atoms with Crippen molar-refractivity contribution >= 4 is 35.9 Å². The number of furan rings is 1. The maximum Gasteiger partial charge on any atom is 0.243 e. The van der Waals surface area contributed by atoms with Gasteiger partial charge in [0, 0.05) is 6.07 Å². The first-order valence-electron chi connectivity index (χ1n) is 2.62. The Kier molecular flexibility index (Phi) is 2.44. The summed E-state index contributed by atoms with van der Waals surface area (Å²) in [5.74, 6) is 0.793. The van der Waals surface area contributed by atoms with Crippen molar-refractivity contribution in [3.63, 3.8) is 0 Å². The van der Waals surface area contributed by atoms with Gasteiger partial charge in [0.25, 0.3) is 0 Å². The Morgan fingerprint density at radius 2 is 2.44 bits per heavy atom. The molecule has 0 unspecified atom stereocenters. The zero-order chi connectivity index (χ0) is 6.69. The Bertz CT molecular complexity index is 189. The van der Waals surface area contributed by atoms with Gasteiger partial charge in [-0.05, 0) is 28.7 Å². The van der Waals surface area contributed by atoms with Gasteiger partial charge in [0.05, 0.1) is 0 Å². The van der Waals surface area contributed by atoms with Crippen LogP contribution in [-0.2, 0) is 0 Å². The normalized spacial score (nSPS) is 9.11. The Labute approximate surface area is 68.4 Å². The molecule has 0 amide bonds. The van der Waals surface area contributed by atoms with Crippen LogP contribution in [0.1, 0.15) is 0 Å². The minimum Gasteiger partial charge on any atom is -0.436 e. The third kappa shape index (κ3) is 1.93. The highest BCUT2D eigenvalue weighted by molar-refractivity contribution is 14.1. The maximum atomic E-state index is 5.17. The summed E-state index contributed by atoms with van der Waals surface area (Å²) in [7, 11) is 1.83. The third-order valence-corrected chi connectivity index (χ3v) is 1.44. The Hall–Kier alpha value is -0.125. The van der Waals surface area contributed by atoms with E-state index >= 15 is 0 Å². The number of rotatable bonds is 2. The lowest BCUT2D eigenvalue weighted by Gasteiger charge is -1.92. The van der Waals surface area contributed by atoms with Crippen LogP contribution in [0.2, 0.25) is 6.82 Å². The van der Waals surface area contributed by atoms with Crippen molar-refractivity contribution in [3.8, 4) is 0 Å². The molecule has 0 saturated carbocycles. The lowest BCUT2D eigenvalue weighted by atomic mass is 10.0. The van der Waals surface area contributed by atoms with E-state index in [1.165, 1.54) is 0 Å². The van der Waals surface area contributed by atoms with Crippen LogP contribution in [-0.4, -0.2) is 7.41 Å². The number of halogens is 1. The highest BCUT2D eigenvalue weighted by Gasteiger charge is 1.94. The van der Waals surface area contributed by atoms with Crippen LogP contribution in [0, 0.1) is 3.77 Å². The van der Waals surface area contributed by atoms with Crippen LogP contribution in [0.15, 0.2) is 16.5 Å². The molecule has 2 nitrogen and oxygen atoms in total. The van der Waals surface area contributed by atoms with E-state index in [2.05, 4.69) is 27.8 Å². The SMILES string of the molecule is C[B]Nc1ccc(I)o1. The van der Waals surface area contributed by atoms with E-state index in [4.69, 9.17) is 4.42 Å². The van der Waals surface area contributed by atoms with Gasteiger partial charge in [-0.1, -0.05) is 6.82 Å². The van der Waals surface area contributed by atoms with Crippen molar-refractivity contribution in [2.45, 2.75) is 6.82 Å². The summed E-state index contributed by atoms with van der Waals surface area (Å²) in [6.45, 7) is 1.91. The van der Waals surface area contributed by atoms with Crippen molar-refractivity contribution in [3.05, 3.63) is 15.9 Å². The van der Waals surface area contributed by atoms with Gasteiger partial charge in [0.1, 0.15) is 0 Å². The van der Waals surface area contributed by atoms with Gasteiger partial charge in [-0.3, -0.25) is 0 Å². The van der Waals surface area contributed by atoms with E-state index in [-0.39, 0.29) is 0 Å². The average Bonchev–Trinajstić information content (AvgIpc) is 2.17. The first kappa shape index (κ1) is 6.99. The zero-order valence-electron chi connectivity index (χ0n) is 5.02. The molecule has 0 aliphatic heterocycles. The highest BCUT2D eigenvalue weighted by atomic mass is 127. The molecule has 1 aromatic heterocycles. The average molecular weight is 234 g/mol. The molecule has 9 heavy (non-hydrogen) atoms. The van der Waals surface area contributed by atoms with Gasteiger partial charge in [-0.2, -0.15) is 0 Å². The van der Waals surface area contributed by atoms with Gasteiger partial charge in [0.2, 0.25) is 7.41 Å². The van der Waals surface area contributed by atoms with Crippen LogP contribution >= 0.6 is 22.6 Å². The smallest absolute Gasteiger partial charge is 0.243 e. The van der Waals surface area contributed by atoms with Crippen LogP contribution < -0.4 is 5.23 Å². The largest absolute Gasteiger partial charge is 0.436 e. The topological polar surface area (TPSA) is 25.2 Å². The van der Waals surface area contributed by atoms with Gasteiger partial charge >= 0.3 is 0 Å². The molecule has 0 fully saturated rings. The fourth-order valence-electron chi connectivity index (χ4n) is 0.534. The standard InChI is InChI=1S/C5H6BINO/c1-6-8-5-3-2-4(7)9-5/h2-3,8H,1H3. The molecule has 1 heterocycles. The lowest BCUT2D eigenvalue weighted by molar-refractivity contribution is 0.557. The summed E-state index contributed by atoms with van der Waals surface area (Å²) < 4.78 is 6.07. The molecule has 0 aromatic carbocycles. The van der Waals surface area contributed by atoms with Gasteiger partial charge in [0.15, 0.2) is 9.65 Å². The van der Waals surface area contributed by atoms with E-state index in [1.54, 1.807) is 0 Å². The number of hydrogen-bond acceptors (Lipinski definition) is 2. The fourth-order valence-corrected chi connectivity index (χ4v) is 0.951. The summed E-state index contributed by atoms with van der Waals surface area (Å²) in [4.78, 5) is 0. The predicted molar refractivity (Wildman–Crippen MR) is 46.7 cm³/mol. The van der Waals surface area contributed by atoms with Crippen molar-refractivity contribution in [2.24, 2.45) is 0 Å². The molecule has 0 atom stereocenters. The van der Waals surface area contributed by atoms with Crippen LogP contribution in [0.4, 0.5) is 5.88 Å². The molecule has 1 rings (SSSR count). The van der Waals surface area contributed by atoms with E-state index < -0.39 is 0 Å². The van der Waals surface area contributed by atoms with Crippen LogP contribution in [0.5, 0.6) is 0 Å². The molecule has 1 N–H and O–H groups in total. The van der Waals surface area contributed by atoms with Crippen molar-refractivity contribution in [1.82, 2.24) is 0 Å². The minimum atomic E-state index is 0.793. The molecular weight excluding hydrogens is 228 g/mol. The third-order valence-electron chi connectivity index (χ3n) is 0.860. The quantitative estimate of drug-likeness (QED) is 0.624. The van der Waals surface area contributed by atoms with Crippen LogP contribution in [0.3, 0.4) is 0 Å². The van der Waals surface area contributed by atoms with E-state index in [1.807, 2.05) is 26.4 Å². The number of hydrogen-bond donors (Lipinski definition) is 1. The second kappa shape index (κ2) is 3.15. The highest BCUT2D eigenvalue weighted by Crippen LogP contribution is 2.13. The molecule has 47 valence electrons. The fraction of sp³-hybridized carbons (Fsp3) is 0.200. The molecule has 0 saturated heterocycles. The van der Waals surface area contributed by atoms with E-state index in [9.17, 15) is 0 Å². The zero-order valence-corrected chi connectivity index (χ0v) is 7.18. The Morgan fingerprint density at radius 1 is 1.67 bits per heavy atom. The van der Waals surface area contributed by atoms with E-state index in [0.717, 1.165) is 9.65 Å². The second-order valence-corrected chi connectivity index (χ2v) is 2.60. The molecular formula is C5H6BINO. The lowest BCUT2D eigenvalue weighted by Crippen LogP contribution is -1.98. The van der Waals surface area contributed by atoms with Gasteiger partial charge in [-0.15, -0.1) is 0 Å². The number of anilines is 1. The molecule has 0 aliphatic rings. The summed E-state index contributed by atoms with van der Waals surface area (Å²) in [5, 5.41) is 2.93. The van der Waals surface area contributed by atoms with Crippen molar-refractivity contribution < 1.29 is 4.42 Å². The van der Waals surface area contributed by atoms with Gasteiger partial charge < -0.3 is 9.64 Å². The summed E-state index contributed by atoms with van der Waals surface area (Å²) in [6, 6.07) is 3.80. The summed E-state index contributed by atoms with van der Waals surface area (Å²) in [5.41, 5.74) is 0. The first-order chi connectivity index (χ1) is 4.33. The molecule has 0 spiro atoms. The van der Waals surface area contributed by atoms with Crippen LogP contribution in [0.25, 0.3) is 0 Å². The minimum absolute atomic E-state index is 0.793. The predicted octanol–water partition coefficient (Wildman–Crippen LogP) is 1.96. The van der Waals surface area contributed by atoms with Gasteiger partial charge in [-0.25, -0.2) is 0 Å². The molecule has 0 bridgehead atoms. The monoisotopic (exact) mass is 234 g/mol. The van der Waals surface area contributed by atoms with E-state index in [0.29, 0.717) is 0 Å². The molecule has 1 radical (unpaired) electrons. The molecule has 4 heteroatoms. The summed E-state index contributed by atoms with van der Waals surface area (Å²) >= 11 is 2.12. The Balaban J connectivity index is 2.61. The first-order valence-corrected chi connectivity index (χ1v) is 3.70. The summed E-state index contributed by atoms with van der Waals surface area (Å²) in [6.07, 6.45) is 0. The van der Waals surface area contributed by atoms with Crippen molar-refractivity contribution in [1.29, 1.82) is 0 Å². The maximum absolute atomic E-state index is 5.17. The second-order valence-electron chi connectivity index (χ2n) is 1.54. The Morgan fingerprint density at radius 3 is 2.89 bits per heavy atom. The van der Waals surface area contributed by atoms with Crippen molar-refractivity contribution in [2.75, 3.05) is 5.23 Å².